The highest BCUT2D eigenvalue weighted by molar-refractivity contribution is 7.15. The number of thiazole rings is 1. The van der Waals surface area contributed by atoms with E-state index in [1.54, 1.807) is 6.20 Å². The van der Waals surface area contributed by atoms with Crippen LogP contribution in [0.1, 0.15) is 5.69 Å². The summed E-state index contributed by atoms with van der Waals surface area (Å²) >= 11 is 1.48. The number of nitrogens with zero attached hydrogens (tertiary/aromatic N) is 2. The number of benzene rings is 1. The van der Waals surface area contributed by atoms with E-state index < -0.39 is 5.97 Å². The summed E-state index contributed by atoms with van der Waals surface area (Å²) in [6.45, 7) is 1.11. The zero-order valence-electron chi connectivity index (χ0n) is 11.5. The molecule has 1 aliphatic heterocycles. The maximum absolute atomic E-state index is 10.8. The van der Waals surface area contributed by atoms with E-state index >= 15 is 0 Å². The molecule has 3 heterocycles. The van der Waals surface area contributed by atoms with Gasteiger partial charge in [-0.1, -0.05) is 0 Å². The normalized spacial score (nSPS) is 13.5. The van der Waals surface area contributed by atoms with Gasteiger partial charge in [-0.2, -0.15) is 0 Å². The van der Waals surface area contributed by atoms with Gasteiger partial charge in [-0.3, -0.25) is 9.20 Å². The van der Waals surface area contributed by atoms with Gasteiger partial charge in [-0.15, -0.1) is 11.3 Å². The minimum atomic E-state index is -0.883. The molecule has 0 atom stereocenters. The Bertz CT molecular complexity index is 868. The average molecular weight is 316 g/mol. The van der Waals surface area contributed by atoms with Gasteiger partial charge in [0.25, 0.3) is 0 Å². The number of hydrogen-bond donors (Lipinski definition) is 1. The van der Waals surface area contributed by atoms with Crippen LogP contribution >= 0.6 is 11.3 Å². The Morgan fingerprint density at radius 3 is 2.95 bits per heavy atom. The first kappa shape index (κ1) is 13.1. The van der Waals surface area contributed by atoms with Gasteiger partial charge < -0.3 is 14.6 Å². The standard InChI is InChI=1S/C15H12N2O4S/c18-14(19)6-10-7-17-11(8-22-15(17)16-10)9-1-2-12-13(5-9)21-4-3-20-12/h1-2,5,7-8H,3-4,6H2,(H,18,19). The summed E-state index contributed by atoms with van der Waals surface area (Å²) in [5.41, 5.74) is 2.49. The summed E-state index contributed by atoms with van der Waals surface area (Å²) < 4.78 is 13.0. The lowest BCUT2D eigenvalue weighted by atomic mass is 10.1. The van der Waals surface area contributed by atoms with Crippen LogP contribution < -0.4 is 9.47 Å². The van der Waals surface area contributed by atoms with Crippen molar-refractivity contribution in [2.45, 2.75) is 6.42 Å². The summed E-state index contributed by atoms with van der Waals surface area (Å²) in [6.07, 6.45) is 1.70. The van der Waals surface area contributed by atoms with Gasteiger partial charge in [0.1, 0.15) is 13.2 Å². The van der Waals surface area contributed by atoms with Crippen molar-refractivity contribution in [2.75, 3.05) is 13.2 Å². The van der Waals surface area contributed by atoms with Crippen LogP contribution in [0.4, 0.5) is 0 Å². The molecule has 0 radical (unpaired) electrons. The first-order valence-corrected chi connectivity index (χ1v) is 7.66. The smallest absolute Gasteiger partial charge is 0.309 e. The monoisotopic (exact) mass is 316 g/mol. The molecule has 1 aliphatic rings. The lowest BCUT2D eigenvalue weighted by Crippen LogP contribution is -2.15. The first-order chi connectivity index (χ1) is 10.7. The van der Waals surface area contributed by atoms with Crippen LogP contribution in [0.25, 0.3) is 16.2 Å². The van der Waals surface area contributed by atoms with E-state index in [-0.39, 0.29) is 6.42 Å². The van der Waals surface area contributed by atoms with E-state index in [9.17, 15) is 4.79 Å². The molecule has 1 aromatic carbocycles. The molecule has 22 heavy (non-hydrogen) atoms. The zero-order chi connectivity index (χ0) is 15.1. The van der Waals surface area contributed by atoms with Crippen molar-refractivity contribution in [1.29, 1.82) is 0 Å². The molecule has 3 aromatic rings. The number of rotatable bonds is 3. The number of carboxylic acid groups (broad SMARTS) is 1. The third-order valence-electron chi connectivity index (χ3n) is 3.43. The Kier molecular flexibility index (Phi) is 3.00. The molecule has 7 heteroatoms. The molecule has 112 valence electrons. The average Bonchev–Trinajstić information content (AvgIpc) is 3.06. The maximum Gasteiger partial charge on any atom is 0.309 e. The maximum atomic E-state index is 10.8. The number of carboxylic acids is 1. The number of fused-ring (bicyclic) bond motifs is 2. The largest absolute Gasteiger partial charge is 0.486 e. The fraction of sp³-hybridized carbons (Fsp3) is 0.200. The van der Waals surface area contributed by atoms with Gasteiger partial charge in [0.2, 0.25) is 0 Å². The van der Waals surface area contributed by atoms with Crippen molar-refractivity contribution in [3.05, 3.63) is 35.5 Å². The number of carbonyl (C=O) groups is 1. The fourth-order valence-electron chi connectivity index (χ4n) is 2.48. The predicted octanol–water partition coefficient (Wildman–Crippen LogP) is 2.46. The van der Waals surface area contributed by atoms with Gasteiger partial charge in [-0.05, 0) is 18.2 Å². The van der Waals surface area contributed by atoms with E-state index in [2.05, 4.69) is 4.98 Å². The Morgan fingerprint density at radius 1 is 1.32 bits per heavy atom. The summed E-state index contributed by atoms with van der Waals surface area (Å²) in [7, 11) is 0. The SMILES string of the molecule is O=C(O)Cc1cn2c(-c3ccc4c(c3)OCCO4)csc2n1. The Hall–Kier alpha value is -2.54. The molecular formula is C15H12N2O4S. The number of hydrogen-bond acceptors (Lipinski definition) is 5. The predicted molar refractivity (Wildman–Crippen MR) is 80.8 cm³/mol. The quantitative estimate of drug-likeness (QED) is 0.803. The molecule has 6 nitrogen and oxygen atoms in total. The highest BCUT2D eigenvalue weighted by Crippen LogP contribution is 2.35. The Balaban J connectivity index is 1.77. The molecule has 0 bridgehead atoms. The third-order valence-corrected chi connectivity index (χ3v) is 4.27. The zero-order valence-corrected chi connectivity index (χ0v) is 12.3. The van der Waals surface area contributed by atoms with E-state index in [4.69, 9.17) is 14.6 Å². The highest BCUT2D eigenvalue weighted by atomic mass is 32.1. The van der Waals surface area contributed by atoms with Crippen LogP contribution in [0.3, 0.4) is 0 Å². The molecule has 4 rings (SSSR count). The van der Waals surface area contributed by atoms with E-state index in [1.807, 2.05) is 28.0 Å². The van der Waals surface area contributed by atoms with E-state index in [0.717, 1.165) is 27.7 Å². The van der Waals surface area contributed by atoms with Crippen LogP contribution in [-0.2, 0) is 11.2 Å². The minimum absolute atomic E-state index is 0.0744. The van der Waals surface area contributed by atoms with Crippen LogP contribution in [-0.4, -0.2) is 33.7 Å². The molecule has 1 N–H and O–H groups in total. The van der Waals surface area contributed by atoms with Gasteiger partial charge >= 0.3 is 5.97 Å². The summed E-state index contributed by atoms with van der Waals surface area (Å²) in [4.78, 5) is 15.9. The van der Waals surface area contributed by atoms with E-state index in [0.29, 0.717) is 18.9 Å². The summed E-state index contributed by atoms with van der Waals surface area (Å²) in [5.74, 6) is 0.597. The lowest BCUT2D eigenvalue weighted by Gasteiger charge is -2.18. The molecule has 0 unspecified atom stereocenters. The number of ether oxygens (including phenoxy) is 2. The lowest BCUT2D eigenvalue weighted by molar-refractivity contribution is -0.136. The minimum Gasteiger partial charge on any atom is -0.486 e. The molecule has 2 aromatic heterocycles. The second kappa shape index (κ2) is 5.03. The third kappa shape index (κ3) is 2.19. The summed E-state index contributed by atoms with van der Waals surface area (Å²) in [5, 5.41) is 10.9. The van der Waals surface area contributed by atoms with Crippen LogP contribution in [0.15, 0.2) is 29.8 Å². The molecule has 0 spiro atoms. The molecular weight excluding hydrogens is 304 g/mol. The molecule has 0 amide bonds. The van der Waals surface area contributed by atoms with Crippen molar-refractivity contribution in [3.8, 4) is 22.8 Å². The van der Waals surface area contributed by atoms with Crippen molar-refractivity contribution in [2.24, 2.45) is 0 Å². The molecule has 0 aliphatic carbocycles. The summed E-state index contributed by atoms with van der Waals surface area (Å²) in [6, 6.07) is 5.79. The number of aromatic nitrogens is 2. The van der Waals surface area contributed by atoms with Gasteiger partial charge in [0, 0.05) is 17.1 Å². The Labute approximate surface area is 129 Å². The Morgan fingerprint density at radius 2 is 2.14 bits per heavy atom. The van der Waals surface area contributed by atoms with Crippen LogP contribution in [0.2, 0.25) is 0 Å². The van der Waals surface area contributed by atoms with Gasteiger partial charge in [-0.25, -0.2) is 4.98 Å². The van der Waals surface area contributed by atoms with Gasteiger partial charge in [0.15, 0.2) is 16.5 Å². The number of aliphatic carboxylic acids is 1. The van der Waals surface area contributed by atoms with E-state index in [1.165, 1.54) is 11.3 Å². The first-order valence-electron chi connectivity index (χ1n) is 6.78. The van der Waals surface area contributed by atoms with Crippen LogP contribution in [0.5, 0.6) is 11.5 Å². The molecule has 0 fully saturated rings. The van der Waals surface area contributed by atoms with Crippen molar-refractivity contribution < 1.29 is 19.4 Å². The van der Waals surface area contributed by atoms with Gasteiger partial charge in [0.05, 0.1) is 17.8 Å². The van der Waals surface area contributed by atoms with Crippen LogP contribution in [0, 0.1) is 0 Å². The highest BCUT2D eigenvalue weighted by Gasteiger charge is 2.16. The fourth-order valence-corrected chi connectivity index (χ4v) is 3.38. The second-order valence-electron chi connectivity index (χ2n) is 4.93. The topological polar surface area (TPSA) is 73.1 Å². The van der Waals surface area contributed by atoms with Crippen molar-refractivity contribution in [3.63, 3.8) is 0 Å². The number of imidazole rings is 1. The molecule has 0 saturated heterocycles. The van der Waals surface area contributed by atoms with Crippen molar-refractivity contribution >= 4 is 22.3 Å². The second-order valence-corrected chi connectivity index (χ2v) is 5.77. The van der Waals surface area contributed by atoms with Crippen molar-refractivity contribution in [1.82, 2.24) is 9.38 Å². The molecule has 0 saturated carbocycles.